The zero-order valence-electron chi connectivity index (χ0n) is 11.1. The molecule has 0 spiro atoms. The highest BCUT2D eigenvalue weighted by Crippen LogP contribution is 2.21. The Bertz CT molecular complexity index is 577. The third-order valence-electron chi connectivity index (χ3n) is 2.93. The molecule has 0 aliphatic heterocycles. The Kier molecular flexibility index (Phi) is 4.31. The molecule has 0 aliphatic carbocycles. The largest absolute Gasteiger partial charge is 0.399 e. The SMILES string of the molecule is CCN(CC)C(=O)CSc1nc2ccc(N)cc2[nH]1. The van der Waals surface area contributed by atoms with E-state index in [1.54, 1.807) is 0 Å². The molecule has 19 heavy (non-hydrogen) atoms. The van der Waals surface area contributed by atoms with E-state index < -0.39 is 0 Å². The molecule has 0 unspecified atom stereocenters. The standard InChI is InChI=1S/C13H18N4OS/c1-3-17(4-2)12(18)8-19-13-15-10-6-5-9(14)7-11(10)16-13/h5-7H,3-4,8,14H2,1-2H3,(H,15,16). The molecule has 6 heteroatoms. The van der Waals surface area contributed by atoms with Crippen LogP contribution in [0.1, 0.15) is 13.8 Å². The Hall–Kier alpha value is -1.69. The number of anilines is 1. The van der Waals surface area contributed by atoms with Gasteiger partial charge in [-0.3, -0.25) is 4.79 Å². The molecule has 0 aliphatic rings. The van der Waals surface area contributed by atoms with Gasteiger partial charge in [0.1, 0.15) is 0 Å². The van der Waals surface area contributed by atoms with Crippen LogP contribution in [-0.2, 0) is 4.79 Å². The van der Waals surface area contributed by atoms with Gasteiger partial charge in [0.05, 0.1) is 16.8 Å². The van der Waals surface area contributed by atoms with E-state index in [0.29, 0.717) is 11.4 Å². The van der Waals surface area contributed by atoms with Gasteiger partial charge in [0.15, 0.2) is 5.16 Å². The number of carbonyl (C=O) groups excluding carboxylic acids is 1. The summed E-state index contributed by atoms with van der Waals surface area (Å²) < 4.78 is 0. The molecule has 1 heterocycles. The number of nitrogen functional groups attached to an aromatic ring is 1. The van der Waals surface area contributed by atoms with E-state index in [2.05, 4.69) is 9.97 Å². The summed E-state index contributed by atoms with van der Waals surface area (Å²) in [4.78, 5) is 21.3. The highest BCUT2D eigenvalue weighted by molar-refractivity contribution is 7.99. The summed E-state index contributed by atoms with van der Waals surface area (Å²) in [6, 6.07) is 5.54. The summed E-state index contributed by atoms with van der Waals surface area (Å²) >= 11 is 1.42. The number of nitrogens with zero attached hydrogens (tertiary/aromatic N) is 2. The van der Waals surface area contributed by atoms with Gasteiger partial charge >= 0.3 is 0 Å². The Labute approximate surface area is 116 Å². The van der Waals surface area contributed by atoms with Gasteiger partial charge < -0.3 is 15.6 Å². The lowest BCUT2D eigenvalue weighted by atomic mass is 10.3. The summed E-state index contributed by atoms with van der Waals surface area (Å²) in [6.45, 7) is 5.45. The third kappa shape index (κ3) is 3.20. The molecule has 0 saturated heterocycles. The Morgan fingerprint density at radius 3 is 2.84 bits per heavy atom. The molecule has 102 valence electrons. The van der Waals surface area contributed by atoms with Crippen LogP contribution in [0.25, 0.3) is 11.0 Å². The van der Waals surface area contributed by atoms with Crippen LogP contribution in [-0.4, -0.2) is 39.6 Å². The summed E-state index contributed by atoms with van der Waals surface area (Å²) in [7, 11) is 0. The van der Waals surface area contributed by atoms with Crippen molar-refractivity contribution in [3.8, 4) is 0 Å². The number of rotatable bonds is 5. The molecule has 1 aromatic carbocycles. The maximum atomic E-state index is 11.9. The lowest BCUT2D eigenvalue weighted by molar-refractivity contribution is -0.127. The second-order valence-corrected chi connectivity index (χ2v) is 5.14. The predicted octanol–water partition coefficient (Wildman–Crippen LogP) is 2.11. The highest BCUT2D eigenvalue weighted by Gasteiger charge is 2.11. The molecule has 0 fully saturated rings. The number of amides is 1. The molecular weight excluding hydrogens is 260 g/mol. The highest BCUT2D eigenvalue weighted by atomic mass is 32.2. The smallest absolute Gasteiger partial charge is 0.233 e. The zero-order valence-corrected chi connectivity index (χ0v) is 12.0. The number of imidazole rings is 1. The number of carbonyl (C=O) groups is 1. The fourth-order valence-corrected chi connectivity index (χ4v) is 2.66. The summed E-state index contributed by atoms with van der Waals surface area (Å²) in [6.07, 6.45) is 0. The quantitative estimate of drug-likeness (QED) is 0.649. The van der Waals surface area contributed by atoms with Crippen molar-refractivity contribution in [2.75, 3.05) is 24.6 Å². The van der Waals surface area contributed by atoms with Gasteiger partial charge in [0, 0.05) is 18.8 Å². The van der Waals surface area contributed by atoms with Crippen molar-refractivity contribution in [3.05, 3.63) is 18.2 Å². The number of nitrogens with two attached hydrogens (primary N) is 1. The molecule has 0 radical (unpaired) electrons. The second-order valence-electron chi connectivity index (χ2n) is 4.17. The van der Waals surface area contributed by atoms with Crippen molar-refractivity contribution in [2.45, 2.75) is 19.0 Å². The molecule has 2 aromatic rings. The summed E-state index contributed by atoms with van der Waals surface area (Å²) in [5, 5.41) is 0.751. The van der Waals surface area contributed by atoms with Crippen molar-refractivity contribution in [1.29, 1.82) is 0 Å². The van der Waals surface area contributed by atoms with Crippen LogP contribution in [0.3, 0.4) is 0 Å². The lowest BCUT2D eigenvalue weighted by Crippen LogP contribution is -2.31. The molecule has 0 bridgehead atoms. The first-order valence-electron chi connectivity index (χ1n) is 6.29. The lowest BCUT2D eigenvalue weighted by Gasteiger charge is -2.17. The van der Waals surface area contributed by atoms with Crippen molar-refractivity contribution < 1.29 is 4.79 Å². The van der Waals surface area contributed by atoms with Crippen LogP contribution in [0.5, 0.6) is 0 Å². The Morgan fingerprint density at radius 1 is 1.42 bits per heavy atom. The van der Waals surface area contributed by atoms with Crippen molar-refractivity contribution in [3.63, 3.8) is 0 Å². The van der Waals surface area contributed by atoms with Gasteiger partial charge in [0.25, 0.3) is 0 Å². The van der Waals surface area contributed by atoms with E-state index in [-0.39, 0.29) is 5.91 Å². The van der Waals surface area contributed by atoms with E-state index in [4.69, 9.17) is 5.73 Å². The number of hydrogen-bond acceptors (Lipinski definition) is 4. The van der Waals surface area contributed by atoms with Gasteiger partial charge in [-0.2, -0.15) is 0 Å². The topological polar surface area (TPSA) is 75.0 Å². The number of fused-ring (bicyclic) bond motifs is 1. The molecule has 1 amide bonds. The van der Waals surface area contributed by atoms with Gasteiger partial charge in [-0.1, -0.05) is 11.8 Å². The zero-order chi connectivity index (χ0) is 13.8. The fourth-order valence-electron chi connectivity index (χ4n) is 1.87. The minimum atomic E-state index is 0.134. The van der Waals surface area contributed by atoms with Crippen molar-refractivity contribution in [1.82, 2.24) is 14.9 Å². The van der Waals surface area contributed by atoms with Crippen LogP contribution >= 0.6 is 11.8 Å². The normalized spacial score (nSPS) is 10.8. The number of aromatic nitrogens is 2. The molecule has 1 aromatic heterocycles. The van der Waals surface area contributed by atoms with Crippen LogP contribution in [0.2, 0.25) is 0 Å². The molecule has 2 rings (SSSR count). The van der Waals surface area contributed by atoms with Gasteiger partial charge in [0.2, 0.25) is 5.91 Å². The minimum absolute atomic E-state index is 0.134. The summed E-state index contributed by atoms with van der Waals surface area (Å²) in [5.74, 6) is 0.534. The third-order valence-corrected chi connectivity index (χ3v) is 3.79. The molecule has 3 N–H and O–H groups in total. The van der Waals surface area contributed by atoms with Crippen LogP contribution in [0.4, 0.5) is 5.69 Å². The van der Waals surface area contributed by atoms with Gasteiger partial charge in [-0.15, -0.1) is 0 Å². The average molecular weight is 278 g/mol. The molecule has 0 saturated carbocycles. The number of hydrogen-bond donors (Lipinski definition) is 2. The number of H-pyrrole nitrogens is 1. The summed E-state index contributed by atoms with van der Waals surface area (Å²) in [5.41, 5.74) is 8.18. The average Bonchev–Trinajstić information content (AvgIpc) is 2.79. The number of aromatic amines is 1. The maximum absolute atomic E-state index is 11.9. The Morgan fingerprint density at radius 2 is 2.16 bits per heavy atom. The number of benzene rings is 1. The van der Waals surface area contributed by atoms with Crippen molar-refractivity contribution >= 4 is 34.4 Å². The van der Waals surface area contributed by atoms with Crippen molar-refractivity contribution in [2.24, 2.45) is 0 Å². The van der Waals surface area contributed by atoms with E-state index in [1.807, 2.05) is 36.9 Å². The molecule has 5 nitrogen and oxygen atoms in total. The minimum Gasteiger partial charge on any atom is -0.399 e. The molecule has 0 atom stereocenters. The Balaban J connectivity index is 2.03. The molecular formula is C13H18N4OS. The van der Waals surface area contributed by atoms with Crippen LogP contribution in [0.15, 0.2) is 23.4 Å². The van der Waals surface area contributed by atoms with Gasteiger partial charge in [-0.25, -0.2) is 4.98 Å². The second kappa shape index (κ2) is 5.97. The van der Waals surface area contributed by atoms with Crippen LogP contribution < -0.4 is 5.73 Å². The van der Waals surface area contributed by atoms with Gasteiger partial charge in [-0.05, 0) is 32.0 Å². The first kappa shape index (κ1) is 13.7. The van der Waals surface area contributed by atoms with E-state index in [1.165, 1.54) is 11.8 Å². The fraction of sp³-hybridized carbons (Fsp3) is 0.385. The number of nitrogens with one attached hydrogen (secondary N) is 1. The monoisotopic (exact) mass is 278 g/mol. The first-order chi connectivity index (χ1) is 9.13. The maximum Gasteiger partial charge on any atom is 0.233 e. The van der Waals surface area contributed by atoms with E-state index in [0.717, 1.165) is 29.3 Å². The predicted molar refractivity (Wildman–Crippen MR) is 79.2 cm³/mol. The first-order valence-corrected chi connectivity index (χ1v) is 7.28. The van der Waals surface area contributed by atoms with E-state index >= 15 is 0 Å². The van der Waals surface area contributed by atoms with Crippen LogP contribution in [0, 0.1) is 0 Å². The number of thioether (sulfide) groups is 1. The van der Waals surface area contributed by atoms with E-state index in [9.17, 15) is 4.79 Å².